The summed E-state index contributed by atoms with van der Waals surface area (Å²) in [5, 5.41) is 12.4. The van der Waals surface area contributed by atoms with Gasteiger partial charge in [0, 0.05) is 30.0 Å². The van der Waals surface area contributed by atoms with Crippen molar-refractivity contribution in [2.24, 2.45) is 0 Å². The highest BCUT2D eigenvalue weighted by atomic mass is 16.5. The summed E-state index contributed by atoms with van der Waals surface area (Å²) < 4.78 is 11.7. The van der Waals surface area contributed by atoms with Crippen LogP contribution in [0.5, 0.6) is 5.75 Å². The number of hydrogen-bond acceptors (Lipinski definition) is 6. The van der Waals surface area contributed by atoms with Gasteiger partial charge in [-0.15, -0.1) is 0 Å². The molecule has 2 aliphatic rings. The predicted octanol–water partition coefficient (Wildman–Crippen LogP) is 2.83. The van der Waals surface area contributed by atoms with Gasteiger partial charge in [0.2, 0.25) is 11.8 Å². The van der Waals surface area contributed by atoms with Crippen molar-refractivity contribution in [2.45, 2.75) is 37.6 Å². The van der Waals surface area contributed by atoms with E-state index in [-0.39, 0.29) is 17.7 Å². The monoisotopic (exact) mass is 421 g/mol. The molecule has 1 aromatic heterocycles. The molecule has 0 radical (unpaired) electrons. The van der Waals surface area contributed by atoms with Crippen LogP contribution in [0.4, 0.5) is 0 Å². The first-order chi connectivity index (χ1) is 15.2. The van der Waals surface area contributed by atoms with Gasteiger partial charge in [-0.2, -0.15) is 0 Å². The van der Waals surface area contributed by atoms with Gasteiger partial charge < -0.3 is 19.8 Å². The molecule has 0 saturated carbocycles. The van der Waals surface area contributed by atoms with Crippen LogP contribution in [0, 0.1) is 0 Å². The Balaban J connectivity index is 1.33. The van der Waals surface area contributed by atoms with E-state index in [1.807, 2.05) is 30.3 Å². The lowest BCUT2D eigenvalue weighted by Gasteiger charge is -2.23. The van der Waals surface area contributed by atoms with E-state index in [1.54, 1.807) is 6.26 Å². The van der Waals surface area contributed by atoms with Crippen molar-refractivity contribution in [3.8, 4) is 5.75 Å². The minimum Gasteiger partial charge on any atom is -0.492 e. The fourth-order valence-electron chi connectivity index (χ4n) is 4.66. The van der Waals surface area contributed by atoms with Crippen LogP contribution >= 0.6 is 0 Å². The Bertz CT molecular complexity index is 1120. The summed E-state index contributed by atoms with van der Waals surface area (Å²) >= 11 is 0. The molecule has 7 heteroatoms. The van der Waals surface area contributed by atoms with E-state index in [1.165, 1.54) is 0 Å². The van der Waals surface area contributed by atoms with Gasteiger partial charge in [0.25, 0.3) is 0 Å². The summed E-state index contributed by atoms with van der Waals surface area (Å²) in [5.74, 6) is -0.0148. The van der Waals surface area contributed by atoms with Crippen LogP contribution in [0.1, 0.15) is 37.2 Å². The second-order valence-corrected chi connectivity index (χ2v) is 8.34. The van der Waals surface area contributed by atoms with Crippen molar-refractivity contribution in [3.63, 3.8) is 0 Å². The fourth-order valence-corrected chi connectivity index (χ4v) is 4.66. The lowest BCUT2D eigenvalue weighted by Crippen LogP contribution is -2.41. The lowest BCUT2D eigenvalue weighted by molar-refractivity contribution is -0.134. The first-order valence-corrected chi connectivity index (χ1v) is 11.0. The quantitative estimate of drug-likeness (QED) is 0.419. The molecule has 0 bridgehead atoms. The van der Waals surface area contributed by atoms with Crippen LogP contribution in [0.15, 0.2) is 41.0 Å². The van der Waals surface area contributed by atoms with Crippen molar-refractivity contribution in [3.05, 3.63) is 42.2 Å². The van der Waals surface area contributed by atoms with Crippen molar-refractivity contribution >= 4 is 33.6 Å². The number of hydrogen-bond donors (Lipinski definition) is 3. The topological polar surface area (TPSA) is 92.6 Å². The Hall–Kier alpha value is -2.90. The second-order valence-electron chi connectivity index (χ2n) is 8.34. The van der Waals surface area contributed by atoms with Crippen LogP contribution in [-0.4, -0.2) is 44.1 Å². The van der Waals surface area contributed by atoms with Gasteiger partial charge in [0.15, 0.2) is 0 Å². The SMILES string of the molecule is O=C1CCC(c2coc3ccc4cc(OCCNC5CCNCC5)ccc4c23)C(=O)N1. The molecular weight excluding hydrogens is 394 g/mol. The highest BCUT2D eigenvalue weighted by Gasteiger charge is 2.31. The number of carbonyl (C=O) groups is 2. The second kappa shape index (κ2) is 8.69. The molecule has 2 aromatic carbocycles. The van der Waals surface area contributed by atoms with Crippen molar-refractivity contribution in [1.29, 1.82) is 0 Å². The number of furan rings is 1. The average molecular weight is 421 g/mol. The minimum absolute atomic E-state index is 0.213. The average Bonchev–Trinajstić information content (AvgIpc) is 3.21. The maximum absolute atomic E-state index is 12.4. The number of piperidine rings is 2. The summed E-state index contributed by atoms with van der Waals surface area (Å²) in [7, 11) is 0. The molecule has 2 fully saturated rings. The van der Waals surface area contributed by atoms with E-state index < -0.39 is 0 Å². The van der Waals surface area contributed by atoms with Crippen molar-refractivity contribution in [2.75, 3.05) is 26.2 Å². The molecule has 2 aliphatic heterocycles. The van der Waals surface area contributed by atoms with E-state index >= 15 is 0 Å². The summed E-state index contributed by atoms with van der Waals surface area (Å²) in [6, 6.07) is 10.5. The molecular formula is C24H27N3O4. The van der Waals surface area contributed by atoms with Gasteiger partial charge in [0.1, 0.15) is 17.9 Å². The first-order valence-electron chi connectivity index (χ1n) is 11.0. The Morgan fingerprint density at radius 1 is 1.10 bits per heavy atom. The Labute approximate surface area is 180 Å². The molecule has 3 aromatic rings. The molecule has 0 spiro atoms. The smallest absolute Gasteiger partial charge is 0.234 e. The van der Waals surface area contributed by atoms with Crippen LogP contribution in [0.2, 0.25) is 0 Å². The molecule has 0 aliphatic carbocycles. The zero-order valence-corrected chi connectivity index (χ0v) is 17.4. The summed E-state index contributed by atoms with van der Waals surface area (Å²) in [5.41, 5.74) is 1.58. The molecule has 7 nitrogen and oxygen atoms in total. The fraction of sp³-hybridized carbons (Fsp3) is 0.417. The van der Waals surface area contributed by atoms with Gasteiger partial charge in [0.05, 0.1) is 12.2 Å². The van der Waals surface area contributed by atoms with Gasteiger partial charge in [-0.05, 0) is 67.4 Å². The van der Waals surface area contributed by atoms with Crippen LogP contribution in [-0.2, 0) is 9.59 Å². The Morgan fingerprint density at radius 2 is 1.97 bits per heavy atom. The number of benzene rings is 2. The van der Waals surface area contributed by atoms with Crippen LogP contribution in [0.25, 0.3) is 21.7 Å². The predicted molar refractivity (Wildman–Crippen MR) is 118 cm³/mol. The number of ether oxygens (including phenoxy) is 1. The summed E-state index contributed by atoms with van der Waals surface area (Å²) in [6.07, 6.45) is 4.82. The third-order valence-corrected chi connectivity index (χ3v) is 6.31. The first kappa shape index (κ1) is 20.0. The number of imide groups is 1. The molecule has 2 amide bonds. The Morgan fingerprint density at radius 3 is 2.81 bits per heavy atom. The molecule has 3 heterocycles. The molecule has 1 atom stereocenters. The number of rotatable bonds is 6. The van der Waals surface area contributed by atoms with Crippen molar-refractivity contribution < 1.29 is 18.7 Å². The van der Waals surface area contributed by atoms with E-state index in [9.17, 15) is 9.59 Å². The lowest BCUT2D eigenvalue weighted by atomic mass is 9.89. The molecule has 5 rings (SSSR count). The summed E-state index contributed by atoms with van der Waals surface area (Å²) in [4.78, 5) is 23.9. The highest BCUT2D eigenvalue weighted by molar-refractivity contribution is 6.10. The van der Waals surface area contributed by atoms with E-state index in [0.29, 0.717) is 25.5 Å². The third-order valence-electron chi connectivity index (χ3n) is 6.31. The zero-order chi connectivity index (χ0) is 21.2. The largest absolute Gasteiger partial charge is 0.492 e. The number of carbonyl (C=O) groups excluding carboxylic acids is 2. The normalized spacial score (nSPS) is 20.3. The van der Waals surface area contributed by atoms with Gasteiger partial charge in [-0.25, -0.2) is 0 Å². The summed E-state index contributed by atoms with van der Waals surface area (Å²) in [6.45, 7) is 3.59. The molecule has 1 unspecified atom stereocenters. The standard InChI is InChI=1S/C24H27N3O4/c28-22-6-4-19(24(29)27-22)20-14-31-21-5-1-15-13-17(2-3-18(15)23(20)21)30-12-11-26-16-7-9-25-10-8-16/h1-3,5,13-14,16,19,25-26H,4,6-12H2,(H,27,28,29). The van der Waals surface area contributed by atoms with E-state index in [2.05, 4.69) is 16.0 Å². The number of nitrogens with one attached hydrogen (secondary N) is 3. The van der Waals surface area contributed by atoms with Gasteiger partial charge in [-0.1, -0.05) is 6.07 Å². The van der Waals surface area contributed by atoms with Gasteiger partial charge in [-0.3, -0.25) is 14.9 Å². The maximum Gasteiger partial charge on any atom is 0.234 e. The van der Waals surface area contributed by atoms with Gasteiger partial charge >= 0.3 is 0 Å². The highest BCUT2D eigenvalue weighted by Crippen LogP contribution is 2.37. The van der Waals surface area contributed by atoms with Crippen molar-refractivity contribution in [1.82, 2.24) is 16.0 Å². The van der Waals surface area contributed by atoms with E-state index in [0.717, 1.165) is 65.5 Å². The van der Waals surface area contributed by atoms with Crippen LogP contribution in [0.3, 0.4) is 0 Å². The van der Waals surface area contributed by atoms with Crippen LogP contribution < -0.4 is 20.7 Å². The molecule has 2 saturated heterocycles. The number of fused-ring (bicyclic) bond motifs is 3. The maximum atomic E-state index is 12.4. The molecule has 31 heavy (non-hydrogen) atoms. The molecule has 162 valence electrons. The number of amides is 2. The zero-order valence-electron chi connectivity index (χ0n) is 17.4. The third kappa shape index (κ3) is 4.16. The Kier molecular flexibility index (Phi) is 5.61. The molecule has 3 N–H and O–H groups in total. The van der Waals surface area contributed by atoms with E-state index in [4.69, 9.17) is 9.15 Å². The minimum atomic E-state index is -0.374.